The number of hydrogen-bond donors (Lipinski definition) is 1. The van der Waals surface area contributed by atoms with Crippen LogP contribution in [0.2, 0.25) is 0 Å². The lowest BCUT2D eigenvalue weighted by Crippen LogP contribution is -2.17. The van der Waals surface area contributed by atoms with Crippen molar-refractivity contribution < 1.29 is 35.9 Å². The van der Waals surface area contributed by atoms with Crippen LogP contribution in [0.4, 0.5) is 26.3 Å². The van der Waals surface area contributed by atoms with Crippen LogP contribution in [-0.2, 0) is 23.9 Å². The van der Waals surface area contributed by atoms with Crippen molar-refractivity contribution in [2.75, 3.05) is 0 Å². The highest BCUT2D eigenvalue weighted by Gasteiger charge is 2.41. The molecule has 7 nitrogen and oxygen atoms in total. The third-order valence-corrected chi connectivity index (χ3v) is 6.55. The average molecular weight is 586 g/mol. The van der Waals surface area contributed by atoms with E-state index >= 15 is 0 Å². The second-order valence-electron chi connectivity index (χ2n) is 9.77. The first-order valence-electron chi connectivity index (χ1n) is 12.6. The SMILES string of the molecule is NC(=O)c1cc(-c2cccnc2C(Cc2cc(F)cc(F)c2)=NC(=O)Cn2cc(C3CC3)c(C(F)(F)F)n2)ccc1F. The summed E-state index contributed by atoms with van der Waals surface area (Å²) in [7, 11) is 0. The zero-order valence-corrected chi connectivity index (χ0v) is 21.6. The number of pyridine rings is 1. The molecular formula is C29H21F6N5O2. The van der Waals surface area contributed by atoms with Crippen LogP contribution in [0.15, 0.2) is 65.9 Å². The lowest BCUT2D eigenvalue weighted by Gasteiger charge is -2.13. The van der Waals surface area contributed by atoms with Gasteiger partial charge in [-0.05, 0) is 60.2 Å². The Hall–Kier alpha value is -4.81. The number of carbonyl (C=O) groups excluding carboxylic acids is 2. The molecule has 1 aliphatic rings. The van der Waals surface area contributed by atoms with Gasteiger partial charge in [0.15, 0.2) is 5.69 Å². The minimum atomic E-state index is -4.70. The van der Waals surface area contributed by atoms with Crippen LogP contribution in [0, 0.1) is 17.5 Å². The summed E-state index contributed by atoms with van der Waals surface area (Å²) in [5.74, 6) is -4.85. The summed E-state index contributed by atoms with van der Waals surface area (Å²) in [4.78, 5) is 33.2. The van der Waals surface area contributed by atoms with E-state index in [0.717, 1.165) is 22.9 Å². The van der Waals surface area contributed by atoms with Gasteiger partial charge in [0.2, 0.25) is 0 Å². The van der Waals surface area contributed by atoms with E-state index in [4.69, 9.17) is 5.73 Å². The minimum Gasteiger partial charge on any atom is -0.366 e. The molecule has 13 heteroatoms. The Kier molecular flexibility index (Phi) is 7.67. The van der Waals surface area contributed by atoms with E-state index in [1.54, 1.807) is 0 Å². The van der Waals surface area contributed by atoms with Gasteiger partial charge in [0, 0.05) is 36.0 Å². The van der Waals surface area contributed by atoms with Crippen LogP contribution in [-0.4, -0.2) is 32.3 Å². The zero-order chi connectivity index (χ0) is 30.2. The summed E-state index contributed by atoms with van der Waals surface area (Å²) < 4.78 is 83.6. The van der Waals surface area contributed by atoms with Gasteiger partial charge < -0.3 is 5.73 Å². The van der Waals surface area contributed by atoms with E-state index < -0.39 is 53.2 Å². The lowest BCUT2D eigenvalue weighted by molar-refractivity contribution is -0.142. The van der Waals surface area contributed by atoms with Gasteiger partial charge in [-0.25, -0.2) is 18.2 Å². The normalized spacial score (nSPS) is 13.8. The van der Waals surface area contributed by atoms with Crippen molar-refractivity contribution in [2.24, 2.45) is 10.7 Å². The lowest BCUT2D eigenvalue weighted by atomic mass is 9.96. The third kappa shape index (κ3) is 6.40. The number of rotatable bonds is 8. The number of carbonyl (C=O) groups is 2. The first-order valence-corrected chi connectivity index (χ1v) is 12.6. The van der Waals surface area contributed by atoms with Gasteiger partial charge in [0.05, 0.1) is 17.0 Å². The first-order chi connectivity index (χ1) is 19.9. The number of benzene rings is 2. The van der Waals surface area contributed by atoms with Crippen molar-refractivity contribution in [3.63, 3.8) is 0 Å². The van der Waals surface area contributed by atoms with Gasteiger partial charge in [-0.3, -0.25) is 19.3 Å². The first kappa shape index (κ1) is 28.7. The smallest absolute Gasteiger partial charge is 0.366 e. The monoisotopic (exact) mass is 585 g/mol. The molecule has 216 valence electrons. The maximum atomic E-state index is 14.2. The highest BCUT2D eigenvalue weighted by Crippen LogP contribution is 2.45. The van der Waals surface area contributed by atoms with E-state index in [9.17, 15) is 35.9 Å². The summed E-state index contributed by atoms with van der Waals surface area (Å²) >= 11 is 0. The molecule has 2 heterocycles. The van der Waals surface area contributed by atoms with Crippen molar-refractivity contribution >= 4 is 17.5 Å². The second kappa shape index (κ2) is 11.2. The van der Waals surface area contributed by atoms with Gasteiger partial charge in [0.1, 0.15) is 24.0 Å². The molecule has 0 spiro atoms. The van der Waals surface area contributed by atoms with Crippen LogP contribution < -0.4 is 5.73 Å². The number of aliphatic imine (C=N–C) groups is 1. The largest absolute Gasteiger partial charge is 0.435 e. The number of nitrogens with two attached hydrogens (primary N) is 1. The molecule has 0 aliphatic heterocycles. The molecule has 4 aromatic rings. The van der Waals surface area contributed by atoms with Crippen LogP contribution in [0.3, 0.4) is 0 Å². The highest BCUT2D eigenvalue weighted by atomic mass is 19.4. The topological polar surface area (TPSA) is 103 Å². The Balaban J connectivity index is 1.56. The second-order valence-corrected chi connectivity index (χ2v) is 9.77. The minimum absolute atomic E-state index is 0.00307. The zero-order valence-electron chi connectivity index (χ0n) is 21.6. The average Bonchev–Trinajstić information content (AvgIpc) is 3.66. The molecule has 2 aromatic heterocycles. The molecule has 2 aromatic carbocycles. The molecular weight excluding hydrogens is 564 g/mol. The van der Waals surface area contributed by atoms with Crippen molar-refractivity contribution in [1.82, 2.24) is 14.8 Å². The molecule has 0 unspecified atom stereocenters. The number of alkyl halides is 3. The number of aromatic nitrogens is 3. The van der Waals surface area contributed by atoms with Crippen molar-refractivity contribution in [3.8, 4) is 11.1 Å². The summed E-state index contributed by atoms with van der Waals surface area (Å²) in [5.41, 5.74) is 4.41. The molecule has 0 atom stereocenters. The van der Waals surface area contributed by atoms with E-state index in [-0.39, 0.29) is 46.0 Å². The van der Waals surface area contributed by atoms with Crippen molar-refractivity contribution in [1.29, 1.82) is 0 Å². The fraction of sp³-hybridized carbons (Fsp3) is 0.207. The Morgan fingerprint density at radius 1 is 1.02 bits per heavy atom. The molecule has 1 aliphatic carbocycles. The Labute approximate surface area is 234 Å². The van der Waals surface area contributed by atoms with Crippen LogP contribution in [0.25, 0.3) is 11.1 Å². The van der Waals surface area contributed by atoms with E-state index in [0.29, 0.717) is 18.9 Å². The fourth-order valence-corrected chi connectivity index (χ4v) is 4.59. The maximum Gasteiger partial charge on any atom is 0.435 e. The molecule has 0 bridgehead atoms. The standard InChI is InChI=1S/C29H21F6N5O2/c30-18-8-15(9-19(31)12-18)10-24(26-20(2-1-7-37-26)17-5-6-23(32)21(11-17)28(36)42)38-25(41)14-40-13-22(16-3-4-16)27(39-40)29(33,34)35/h1-2,5-9,11-13,16H,3-4,10,14H2,(H2,36,42). The highest BCUT2D eigenvalue weighted by molar-refractivity contribution is 6.10. The van der Waals surface area contributed by atoms with Gasteiger partial charge >= 0.3 is 6.18 Å². The quantitative estimate of drug-likeness (QED) is 0.214. The number of amides is 2. The Morgan fingerprint density at radius 3 is 2.38 bits per heavy atom. The van der Waals surface area contributed by atoms with E-state index in [2.05, 4.69) is 15.1 Å². The summed E-state index contributed by atoms with van der Waals surface area (Å²) in [6, 6.07) is 9.32. The van der Waals surface area contributed by atoms with Crippen LogP contribution >= 0.6 is 0 Å². The molecule has 0 saturated heterocycles. The Morgan fingerprint density at radius 2 is 1.74 bits per heavy atom. The van der Waals surface area contributed by atoms with Crippen molar-refractivity contribution in [2.45, 2.75) is 37.9 Å². The number of nitrogens with zero attached hydrogens (tertiary/aromatic N) is 4. The van der Waals surface area contributed by atoms with E-state index in [1.807, 2.05) is 0 Å². The summed E-state index contributed by atoms with van der Waals surface area (Å²) in [6.45, 7) is -0.651. The Bertz CT molecular complexity index is 1710. The maximum absolute atomic E-state index is 14.2. The molecule has 5 rings (SSSR count). The van der Waals surface area contributed by atoms with Gasteiger partial charge in [-0.15, -0.1) is 0 Å². The third-order valence-electron chi connectivity index (χ3n) is 6.55. The molecule has 1 fully saturated rings. The van der Waals surface area contributed by atoms with Crippen LogP contribution in [0.1, 0.15) is 51.6 Å². The van der Waals surface area contributed by atoms with Gasteiger partial charge in [-0.1, -0.05) is 12.1 Å². The van der Waals surface area contributed by atoms with Gasteiger partial charge in [0.25, 0.3) is 11.8 Å². The number of halogens is 6. The number of primary amides is 1. The van der Waals surface area contributed by atoms with Crippen molar-refractivity contribution in [3.05, 3.63) is 106 Å². The van der Waals surface area contributed by atoms with E-state index in [1.165, 1.54) is 36.7 Å². The molecule has 42 heavy (non-hydrogen) atoms. The molecule has 1 saturated carbocycles. The predicted octanol–water partition coefficient (Wildman–Crippen LogP) is 5.62. The molecule has 2 amide bonds. The fourth-order valence-electron chi connectivity index (χ4n) is 4.59. The molecule has 2 N–H and O–H groups in total. The summed E-state index contributed by atoms with van der Waals surface area (Å²) in [6.07, 6.45) is -1.32. The molecule has 0 radical (unpaired) electrons. The predicted molar refractivity (Wildman–Crippen MR) is 139 cm³/mol. The summed E-state index contributed by atoms with van der Waals surface area (Å²) in [5, 5.41) is 3.58. The van der Waals surface area contributed by atoms with Crippen LogP contribution in [0.5, 0.6) is 0 Å². The number of hydrogen-bond acceptors (Lipinski definition) is 4. The van der Waals surface area contributed by atoms with Gasteiger partial charge in [-0.2, -0.15) is 18.3 Å².